The van der Waals surface area contributed by atoms with Gasteiger partial charge in [-0.2, -0.15) is 0 Å². The van der Waals surface area contributed by atoms with Crippen molar-refractivity contribution in [2.45, 2.75) is 39.5 Å². The monoisotopic (exact) mass is 342 g/mol. The third-order valence-corrected chi connectivity index (χ3v) is 4.22. The molecule has 0 aliphatic heterocycles. The number of anilines is 1. The van der Waals surface area contributed by atoms with Crippen LogP contribution < -0.4 is 10.6 Å². The minimum Gasteiger partial charge on any atom is -0.326 e. The van der Waals surface area contributed by atoms with Crippen LogP contribution in [0.1, 0.15) is 42.9 Å². The molecule has 0 radical (unpaired) electrons. The Morgan fingerprint density at radius 2 is 1.80 bits per heavy atom. The van der Waals surface area contributed by atoms with Gasteiger partial charge in [-0.3, -0.25) is 4.79 Å². The van der Waals surface area contributed by atoms with Gasteiger partial charge in [0.2, 0.25) is 5.91 Å². The number of benzene rings is 2. The molecule has 0 fully saturated rings. The lowest BCUT2D eigenvalue weighted by Gasteiger charge is -2.16. The van der Waals surface area contributed by atoms with Gasteiger partial charge in [0.1, 0.15) is 5.82 Å². The number of aryl methyl sites for hydroxylation is 1. The predicted octanol–water partition coefficient (Wildman–Crippen LogP) is 4.42. The van der Waals surface area contributed by atoms with Crippen LogP contribution in [0.4, 0.5) is 10.1 Å². The standard InChI is InChI=1S/C21H27FN2O/c1-15(2)19-6-4-5-16(3)21(19)24-20(25)12-14-23-13-11-17-7-9-18(22)10-8-17/h4-10,15,23H,11-14H2,1-3H3,(H,24,25). The lowest BCUT2D eigenvalue weighted by molar-refractivity contribution is -0.116. The molecule has 0 aromatic heterocycles. The second kappa shape index (κ2) is 9.33. The molecule has 0 atom stereocenters. The number of hydrogen-bond acceptors (Lipinski definition) is 2. The Morgan fingerprint density at radius 3 is 2.48 bits per heavy atom. The van der Waals surface area contributed by atoms with Gasteiger partial charge < -0.3 is 10.6 Å². The highest BCUT2D eigenvalue weighted by Crippen LogP contribution is 2.27. The minimum absolute atomic E-state index is 0.0190. The van der Waals surface area contributed by atoms with E-state index in [-0.39, 0.29) is 11.7 Å². The summed E-state index contributed by atoms with van der Waals surface area (Å²) in [7, 11) is 0. The van der Waals surface area contributed by atoms with Crippen molar-refractivity contribution in [1.29, 1.82) is 0 Å². The first kappa shape index (κ1) is 19.1. The summed E-state index contributed by atoms with van der Waals surface area (Å²) in [6.45, 7) is 7.65. The molecular formula is C21H27FN2O. The van der Waals surface area contributed by atoms with Crippen LogP contribution in [-0.4, -0.2) is 19.0 Å². The lowest BCUT2D eigenvalue weighted by Crippen LogP contribution is -2.24. The second-order valence-corrected chi connectivity index (χ2v) is 6.62. The topological polar surface area (TPSA) is 41.1 Å². The number of rotatable bonds is 8. The Hall–Kier alpha value is -2.20. The molecule has 2 aromatic carbocycles. The molecular weight excluding hydrogens is 315 g/mol. The fraction of sp³-hybridized carbons (Fsp3) is 0.381. The zero-order valence-electron chi connectivity index (χ0n) is 15.2. The van der Waals surface area contributed by atoms with Gasteiger partial charge in [-0.15, -0.1) is 0 Å². The average molecular weight is 342 g/mol. The number of para-hydroxylation sites is 1. The number of nitrogens with one attached hydrogen (secondary N) is 2. The predicted molar refractivity (Wildman–Crippen MR) is 101 cm³/mol. The molecule has 0 unspecified atom stereocenters. The molecule has 0 spiro atoms. The number of amides is 1. The molecule has 3 nitrogen and oxygen atoms in total. The Morgan fingerprint density at radius 1 is 1.08 bits per heavy atom. The van der Waals surface area contributed by atoms with Gasteiger partial charge in [0, 0.05) is 18.7 Å². The van der Waals surface area contributed by atoms with Crippen LogP contribution in [0.5, 0.6) is 0 Å². The molecule has 2 aromatic rings. The van der Waals surface area contributed by atoms with Crippen LogP contribution in [0.15, 0.2) is 42.5 Å². The Balaban J connectivity index is 1.75. The maximum absolute atomic E-state index is 12.8. The van der Waals surface area contributed by atoms with Crippen LogP contribution in [0, 0.1) is 12.7 Å². The summed E-state index contributed by atoms with van der Waals surface area (Å²) in [4.78, 5) is 12.2. The van der Waals surface area contributed by atoms with E-state index in [9.17, 15) is 9.18 Å². The van der Waals surface area contributed by atoms with E-state index in [2.05, 4.69) is 30.5 Å². The minimum atomic E-state index is -0.217. The van der Waals surface area contributed by atoms with E-state index >= 15 is 0 Å². The third kappa shape index (κ3) is 5.98. The van der Waals surface area contributed by atoms with E-state index in [0.717, 1.165) is 35.3 Å². The summed E-state index contributed by atoms with van der Waals surface area (Å²) in [6, 6.07) is 12.6. The molecule has 0 saturated heterocycles. The third-order valence-electron chi connectivity index (χ3n) is 4.22. The number of carbonyl (C=O) groups excluding carboxylic acids is 1. The highest BCUT2D eigenvalue weighted by molar-refractivity contribution is 5.92. The van der Waals surface area contributed by atoms with Gasteiger partial charge in [-0.05, 0) is 54.6 Å². The molecule has 2 rings (SSSR count). The summed E-state index contributed by atoms with van der Waals surface area (Å²) in [5.74, 6) is 0.167. The van der Waals surface area contributed by atoms with Crippen molar-refractivity contribution < 1.29 is 9.18 Å². The quantitative estimate of drug-likeness (QED) is 0.697. The maximum atomic E-state index is 12.8. The van der Waals surface area contributed by atoms with Gasteiger partial charge in [0.05, 0.1) is 0 Å². The Bertz CT molecular complexity index is 696. The molecule has 25 heavy (non-hydrogen) atoms. The molecule has 0 aliphatic rings. The van der Waals surface area contributed by atoms with Crippen molar-refractivity contribution in [3.8, 4) is 0 Å². The van der Waals surface area contributed by atoms with Crippen molar-refractivity contribution in [2.24, 2.45) is 0 Å². The van der Waals surface area contributed by atoms with E-state index in [1.165, 1.54) is 12.1 Å². The lowest BCUT2D eigenvalue weighted by atomic mass is 9.98. The van der Waals surface area contributed by atoms with E-state index in [1.54, 1.807) is 12.1 Å². The van der Waals surface area contributed by atoms with E-state index < -0.39 is 0 Å². The largest absolute Gasteiger partial charge is 0.326 e. The highest BCUT2D eigenvalue weighted by atomic mass is 19.1. The fourth-order valence-electron chi connectivity index (χ4n) is 2.75. The van der Waals surface area contributed by atoms with Crippen LogP contribution >= 0.6 is 0 Å². The molecule has 4 heteroatoms. The number of halogens is 1. The SMILES string of the molecule is Cc1cccc(C(C)C)c1NC(=O)CCNCCc1ccc(F)cc1. The first-order chi connectivity index (χ1) is 12.0. The Labute approximate surface area is 149 Å². The smallest absolute Gasteiger partial charge is 0.225 e. The van der Waals surface area contributed by atoms with E-state index in [4.69, 9.17) is 0 Å². The van der Waals surface area contributed by atoms with Gasteiger partial charge in [-0.25, -0.2) is 4.39 Å². The summed E-state index contributed by atoms with van der Waals surface area (Å²) < 4.78 is 12.8. The average Bonchev–Trinajstić information content (AvgIpc) is 2.58. The molecule has 2 N–H and O–H groups in total. The fourth-order valence-corrected chi connectivity index (χ4v) is 2.75. The molecule has 134 valence electrons. The number of carbonyl (C=O) groups is 1. The zero-order chi connectivity index (χ0) is 18.2. The van der Waals surface area contributed by atoms with Gasteiger partial charge in [-0.1, -0.05) is 44.2 Å². The maximum Gasteiger partial charge on any atom is 0.225 e. The molecule has 1 amide bonds. The van der Waals surface area contributed by atoms with E-state index in [1.807, 2.05) is 19.1 Å². The van der Waals surface area contributed by atoms with Gasteiger partial charge >= 0.3 is 0 Å². The van der Waals surface area contributed by atoms with Crippen LogP contribution in [0.2, 0.25) is 0 Å². The molecule has 0 bridgehead atoms. The van der Waals surface area contributed by atoms with Crippen LogP contribution in [0.25, 0.3) is 0 Å². The molecule has 0 heterocycles. The van der Waals surface area contributed by atoms with Crippen molar-refractivity contribution >= 4 is 11.6 Å². The first-order valence-electron chi connectivity index (χ1n) is 8.82. The van der Waals surface area contributed by atoms with Crippen molar-refractivity contribution in [3.05, 3.63) is 65.0 Å². The van der Waals surface area contributed by atoms with Gasteiger partial charge in [0.25, 0.3) is 0 Å². The Kier molecular flexibility index (Phi) is 7.14. The van der Waals surface area contributed by atoms with E-state index in [0.29, 0.717) is 18.9 Å². The van der Waals surface area contributed by atoms with Crippen LogP contribution in [0.3, 0.4) is 0 Å². The molecule has 0 saturated carbocycles. The normalized spacial score (nSPS) is 10.9. The number of hydrogen-bond donors (Lipinski definition) is 2. The van der Waals surface area contributed by atoms with Crippen LogP contribution in [-0.2, 0) is 11.2 Å². The second-order valence-electron chi connectivity index (χ2n) is 6.62. The first-order valence-corrected chi connectivity index (χ1v) is 8.82. The summed E-state index contributed by atoms with van der Waals surface area (Å²) in [5, 5.41) is 6.32. The molecule has 0 aliphatic carbocycles. The van der Waals surface area contributed by atoms with Crippen molar-refractivity contribution in [3.63, 3.8) is 0 Å². The van der Waals surface area contributed by atoms with Gasteiger partial charge in [0.15, 0.2) is 0 Å². The summed E-state index contributed by atoms with van der Waals surface area (Å²) >= 11 is 0. The zero-order valence-corrected chi connectivity index (χ0v) is 15.2. The summed E-state index contributed by atoms with van der Waals surface area (Å²) in [6.07, 6.45) is 1.24. The van der Waals surface area contributed by atoms with Crippen molar-refractivity contribution in [1.82, 2.24) is 5.32 Å². The highest BCUT2D eigenvalue weighted by Gasteiger charge is 2.11. The summed E-state index contributed by atoms with van der Waals surface area (Å²) in [5.41, 5.74) is 4.27. The van der Waals surface area contributed by atoms with Crippen molar-refractivity contribution in [2.75, 3.05) is 18.4 Å².